The molecule has 0 saturated heterocycles. The van der Waals surface area contributed by atoms with E-state index in [1.165, 1.54) is 18.4 Å². The molecule has 106 valence electrons. The third-order valence-corrected chi connectivity index (χ3v) is 3.47. The van der Waals surface area contributed by atoms with Gasteiger partial charge in [-0.3, -0.25) is 4.79 Å². The van der Waals surface area contributed by atoms with Crippen LogP contribution in [-0.4, -0.2) is 31.1 Å². The van der Waals surface area contributed by atoms with Crippen LogP contribution in [0.2, 0.25) is 0 Å². The predicted octanol–water partition coefficient (Wildman–Crippen LogP) is 2.17. The number of carbonyl (C=O) groups excluding carboxylic acids is 2. The lowest BCUT2D eigenvalue weighted by atomic mass is 10.1. The number of rotatable bonds is 4. The maximum absolute atomic E-state index is 11.9. The second kappa shape index (κ2) is 6.16. The number of methoxy groups -OCH3 is 1. The molecule has 0 radical (unpaired) electrons. The number of amides is 1. The van der Waals surface area contributed by atoms with E-state index in [-0.39, 0.29) is 18.0 Å². The Labute approximate surface area is 117 Å². The van der Waals surface area contributed by atoms with Gasteiger partial charge in [-0.2, -0.15) is 0 Å². The lowest BCUT2D eigenvalue weighted by molar-refractivity contribution is -0.115. The van der Waals surface area contributed by atoms with Crippen LogP contribution in [0.3, 0.4) is 0 Å². The third kappa shape index (κ3) is 4.65. The first-order valence-corrected chi connectivity index (χ1v) is 6.84. The first-order valence-electron chi connectivity index (χ1n) is 5.96. The van der Waals surface area contributed by atoms with Crippen molar-refractivity contribution in [3.8, 4) is 0 Å². The number of anilines is 1. The molecule has 6 heteroatoms. The molecule has 1 heterocycles. The van der Waals surface area contributed by atoms with E-state index in [1.807, 2.05) is 33.1 Å². The minimum Gasteiger partial charge on any atom is -0.465 e. The summed E-state index contributed by atoms with van der Waals surface area (Å²) in [6.07, 6.45) is 0. The molecule has 0 aliphatic rings. The van der Waals surface area contributed by atoms with Crippen LogP contribution in [0.1, 0.15) is 36.0 Å². The zero-order valence-corrected chi connectivity index (χ0v) is 12.7. The lowest BCUT2D eigenvalue weighted by Crippen LogP contribution is -2.41. The number of aryl methyl sites for hydroxylation is 1. The molecule has 0 aliphatic heterocycles. The standard InChI is InChI=1S/C13H20N2O3S/c1-8-7-19-11(12(17)18-5)10(8)15-9(16)6-14-13(2,3)4/h7,14H,6H2,1-5H3,(H,15,16). The summed E-state index contributed by atoms with van der Waals surface area (Å²) in [7, 11) is 1.32. The van der Waals surface area contributed by atoms with Crippen molar-refractivity contribution < 1.29 is 14.3 Å². The van der Waals surface area contributed by atoms with Gasteiger partial charge in [0.2, 0.25) is 5.91 Å². The van der Waals surface area contributed by atoms with Crippen molar-refractivity contribution in [3.05, 3.63) is 15.8 Å². The van der Waals surface area contributed by atoms with E-state index in [1.54, 1.807) is 0 Å². The molecule has 0 aromatic carbocycles. The summed E-state index contributed by atoms with van der Waals surface area (Å²) in [5, 5.41) is 7.66. The highest BCUT2D eigenvalue weighted by Crippen LogP contribution is 2.28. The first kappa shape index (κ1) is 15.7. The largest absolute Gasteiger partial charge is 0.465 e. The summed E-state index contributed by atoms with van der Waals surface area (Å²) >= 11 is 1.26. The molecule has 1 amide bonds. The van der Waals surface area contributed by atoms with Gasteiger partial charge in [-0.05, 0) is 38.6 Å². The molecule has 0 saturated carbocycles. The molecule has 0 aliphatic carbocycles. The van der Waals surface area contributed by atoms with Crippen LogP contribution in [-0.2, 0) is 9.53 Å². The smallest absolute Gasteiger partial charge is 0.350 e. The Morgan fingerprint density at radius 3 is 2.53 bits per heavy atom. The molecule has 0 spiro atoms. The van der Waals surface area contributed by atoms with Crippen molar-refractivity contribution >= 4 is 28.9 Å². The topological polar surface area (TPSA) is 67.4 Å². The molecule has 0 fully saturated rings. The van der Waals surface area contributed by atoms with Crippen LogP contribution in [0.15, 0.2) is 5.38 Å². The number of hydrogen-bond acceptors (Lipinski definition) is 5. The van der Waals surface area contributed by atoms with Gasteiger partial charge in [0.05, 0.1) is 19.3 Å². The summed E-state index contributed by atoms with van der Waals surface area (Å²) in [6.45, 7) is 7.98. The van der Waals surface area contributed by atoms with E-state index >= 15 is 0 Å². The molecule has 1 aromatic heterocycles. The minimum absolute atomic E-state index is 0.133. The van der Waals surface area contributed by atoms with Gasteiger partial charge in [-0.1, -0.05) is 0 Å². The SMILES string of the molecule is COC(=O)c1scc(C)c1NC(=O)CNC(C)(C)C. The van der Waals surface area contributed by atoms with Gasteiger partial charge >= 0.3 is 5.97 Å². The van der Waals surface area contributed by atoms with Crippen LogP contribution >= 0.6 is 11.3 Å². The summed E-state index contributed by atoms with van der Waals surface area (Å²) in [4.78, 5) is 23.8. The van der Waals surface area contributed by atoms with Gasteiger partial charge in [0, 0.05) is 5.54 Å². The van der Waals surface area contributed by atoms with Crippen LogP contribution < -0.4 is 10.6 Å². The third-order valence-electron chi connectivity index (χ3n) is 2.39. The molecule has 0 atom stereocenters. The van der Waals surface area contributed by atoms with E-state index in [2.05, 4.69) is 10.6 Å². The van der Waals surface area contributed by atoms with E-state index in [0.717, 1.165) is 5.56 Å². The molecule has 5 nitrogen and oxygen atoms in total. The second-order valence-corrected chi connectivity index (χ2v) is 6.15. The average molecular weight is 284 g/mol. The highest BCUT2D eigenvalue weighted by molar-refractivity contribution is 7.12. The van der Waals surface area contributed by atoms with Gasteiger partial charge in [-0.25, -0.2) is 4.79 Å². The van der Waals surface area contributed by atoms with Crippen LogP contribution in [0.25, 0.3) is 0 Å². The van der Waals surface area contributed by atoms with Crippen molar-refractivity contribution in [2.45, 2.75) is 33.2 Å². The van der Waals surface area contributed by atoms with Crippen molar-refractivity contribution in [1.82, 2.24) is 5.32 Å². The van der Waals surface area contributed by atoms with E-state index in [4.69, 9.17) is 4.74 Å². The Bertz CT molecular complexity index is 475. The number of ether oxygens (including phenoxy) is 1. The zero-order valence-electron chi connectivity index (χ0n) is 11.9. The van der Waals surface area contributed by atoms with Gasteiger partial charge in [0.1, 0.15) is 4.88 Å². The highest BCUT2D eigenvalue weighted by atomic mass is 32.1. The summed E-state index contributed by atoms with van der Waals surface area (Å²) in [6, 6.07) is 0. The molecular formula is C13H20N2O3S. The van der Waals surface area contributed by atoms with E-state index in [9.17, 15) is 9.59 Å². The maximum Gasteiger partial charge on any atom is 0.350 e. The molecule has 1 aromatic rings. The predicted molar refractivity (Wildman–Crippen MR) is 76.8 cm³/mol. The number of thiophene rings is 1. The van der Waals surface area contributed by atoms with Crippen LogP contribution in [0, 0.1) is 6.92 Å². The average Bonchev–Trinajstić information content (AvgIpc) is 2.67. The Morgan fingerprint density at radius 2 is 2.00 bits per heavy atom. The van der Waals surface area contributed by atoms with Gasteiger partial charge in [0.15, 0.2) is 0 Å². The molecule has 19 heavy (non-hydrogen) atoms. The molecular weight excluding hydrogens is 264 g/mol. The fourth-order valence-corrected chi connectivity index (χ4v) is 2.29. The molecule has 0 unspecified atom stereocenters. The number of hydrogen-bond donors (Lipinski definition) is 2. The normalized spacial score (nSPS) is 11.2. The zero-order chi connectivity index (χ0) is 14.6. The maximum atomic E-state index is 11.9. The molecule has 1 rings (SSSR count). The van der Waals surface area contributed by atoms with E-state index in [0.29, 0.717) is 10.6 Å². The summed E-state index contributed by atoms with van der Waals surface area (Å²) in [5.41, 5.74) is 1.26. The van der Waals surface area contributed by atoms with Crippen molar-refractivity contribution in [3.63, 3.8) is 0 Å². The van der Waals surface area contributed by atoms with Gasteiger partial charge in [0.25, 0.3) is 0 Å². The van der Waals surface area contributed by atoms with Crippen molar-refractivity contribution in [1.29, 1.82) is 0 Å². The lowest BCUT2D eigenvalue weighted by Gasteiger charge is -2.20. The Balaban J connectivity index is 2.74. The van der Waals surface area contributed by atoms with Crippen molar-refractivity contribution in [2.75, 3.05) is 19.0 Å². The first-order chi connectivity index (χ1) is 8.74. The van der Waals surface area contributed by atoms with Crippen molar-refractivity contribution in [2.24, 2.45) is 0 Å². The monoisotopic (exact) mass is 284 g/mol. The Kier molecular flexibility index (Phi) is 5.08. The van der Waals surface area contributed by atoms with Crippen LogP contribution in [0.4, 0.5) is 5.69 Å². The highest BCUT2D eigenvalue weighted by Gasteiger charge is 2.19. The summed E-state index contributed by atoms with van der Waals surface area (Å²) < 4.78 is 4.69. The van der Waals surface area contributed by atoms with Gasteiger partial charge < -0.3 is 15.4 Å². The quantitative estimate of drug-likeness (QED) is 0.832. The van der Waals surface area contributed by atoms with Gasteiger partial charge in [-0.15, -0.1) is 11.3 Å². The van der Waals surface area contributed by atoms with Crippen LogP contribution in [0.5, 0.6) is 0 Å². The number of nitrogens with one attached hydrogen (secondary N) is 2. The number of carbonyl (C=O) groups is 2. The number of esters is 1. The Morgan fingerprint density at radius 1 is 1.37 bits per heavy atom. The fourth-order valence-electron chi connectivity index (χ4n) is 1.37. The van der Waals surface area contributed by atoms with E-state index < -0.39 is 5.97 Å². The summed E-state index contributed by atoms with van der Waals surface area (Å²) in [5.74, 6) is -0.612. The fraction of sp³-hybridized carbons (Fsp3) is 0.538. The minimum atomic E-state index is -0.433. The molecule has 2 N–H and O–H groups in total. The molecule has 0 bridgehead atoms. The second-order valence-electron chi connectivity index (χ2n) is 5.27. The Hall–Kier alpha value is -1.40.